The molecule has 0 aliphatic carbocycles. The lowest BCUT2D eigenvalue weighted by molar-refractivity contribution is 0.305. The highest BCUT2D eigenvalue weighted by atomic mass is 79.9. The zero-order valence-electron chi connectivity index (χ0n) is 9.27. The molecule has 0 amide bonds. The Balaban J connectivity index is 1.79. The number of hydrogen-bond donors (Lipinski definition) is 0. The second-order valence-corrected chi connectivity index (χ2v) is 5.92. The highest BCUT2D eigenvalue weighted by Gasteiger charge is 2.22. The summed E-state index contributed by atoms with van der Waals surface area (Å²) in [7, 11) is 0. The first-order valence-electron chi connectivity index (χ1n) is 5.61. The number of rotatable bonds is 1. The molecule has 1 aromatic carbocycles. The fourth-order valence-electron chi connectivity index (χ4n) is 1.74. The average Bonchev–Trinajstić information content (AvgIpc) is 2.29. The summed E-state index contributed by atoms with van der Waals surface area (Å²) in [5, 5.41) is 9.73. The average molecular weight is 310 g/mol. The molecule has 2 aliphatic rings. The third-order valence-electron chi connectivity index (χ3n) is 2.90. The molecule has 0 unspecified atom stereocenters. The summed E-state index contributed by atoms with van der Waals surface area (Å²) >= 11 is 5.22. The minimum atomic E-state index is 0.914. The largest absolute Gasteiger partial charge is 0.350 e. The monoisotopic (exact) mass is 309 g/mol. The molecule has 1 saturated heterocycles. The first-order chi connectivity index (χ1) is 8.33. The van der Waals surface area contributed by atoms with Gasteiger partial charge in [0.15, 0.2) is 5.17 Å². The Bertz CT molecular complexity index is 477. The highest BCUT2D eigenvalue weighted by molar-refractivity contribution is 9.10. The van der Waals surface area contributed by atoms with E-state index in [1.54, 1.807) is 11.8 Å². The van der Waals surface area contributed by atoms with Crippen molar-refractivity contribution in [3.63, 3.8) is 0 Å². The van der Waals surface area contributed by atoms with E-state index in [1.165, 1.54) is 6.42 Å². The van der Waals surface area contributed by atoms with Gasteiger partial charge in [0, 0.05) is 23.3 Å². The van der Waals surface area contributed by atoms with E-state index < -0.39 is 0 Å². The van der Waals surface area contributed by atoms with Crippen molar-refractivity contribution in [1.29, 1.82) is 0 Å². The maximum Gasteiger partial charge on any atom is 0.186 e. The predicted molar refractivity (Wildman–Crippen MR) is 76.8 cm³/mol. The zero-order chi connectivity index (χ0) is 11.7. The molecule has 0 atom stereocenters. The molecule has 3 rings (SSSR count). The van der Waals surface area contributed by atoms with Crippen LogP contribution in [0.4, 0.5) is 0 Å². The van der Waals surface area contributed by atoms with Gasteiger partial charge in [0.05, 0.1) is 5.71 Å². The van der Waals surface area contributed by atoms with Crippen molar-refractivity contribution in [1.82, 2.24) is 4.90 Å². The van der Waals surface area contributed by atoms with Crippen molar-refractivity contribution >= 4 is 38.6 Å². The van der Waals surface area contributed by atoms with E-state index in [1.807, 2.05) is 12.1 Å². The van der Waals surface area contributed by atoms with Crippen LogP contribution in [0.3, 0.4) is 0 Å². The number of hydrogen-bond acceptors (Lipinski definition) is 4. The predicted octanol–water partition coefficient (Wildman–Crippen LogP) is 2.96. The smallest absolute Gasteiger partial charge is 0.186 e. The van der Waals surface area contributed by atoms with Crippen LogP contribution in [0.5, 0.6) is 0 Å². The second-order valence-electron chi connectivity index (χ2n) is 4.07. The lowest BCUT2D eigenvalue weighted by atomic mass is 10.1. The van der Waals surface area contributed by atoms with Gasteiger partial charge < -0.3 is 4.90 Å². The summed E-state index contributed by atoms with van der Waals surface area (Å²) in [6.45, 7) is 2.27. The molecule has 17 heavy (non-hydrogen) atoms. The summed E-state index contributed by atoms with van der Waals surface area (Å²) in [6.07, 6.45) is 1.28. The molecule has 0 aromatic heterocycles. The molecule has 0 spiro atoms. The van der Waals surface area contributed by atoms with Crippen molar-refractivity contribution in [3.8, 4) is 0 Å². The van der Waals surface area contributed by atoms with Gasteiger partial charge in [-0.1, -0.05) is 39.8 Å². The van der Waals surface area contributed by atoms with Crippen LogP contribution in [-0.2, 0) is 0 Å². The van der Waals surface area contributed by atoms with Gasteiger partial charge in [0.1, 0.15) is 0 Å². The molecular weight excluding hydrogens is 298 g/mol. The molecule has 88 valence electrons. The second kappa shape index (κ2) is 4.82. The summed E-state index contributed by atoms with van der Waals surface area (Å²) in [4.78, 5) is 2.28. The Morgan fingerprint density at radius 2 is 1.88 bits per heavy atom. The van der Waals surface area contributed by atoms with Crippen LogP contribution in [0.2, 0.25) is 0 Å². The molecule has 0 bridgehead atoms. The van der Waals surface area contributed by atoms with Crippen LogP contribution in [-0.4, -0.2) is 34.6 Å². The van der Waals surface area contributed by atoms with E-state index in [0.29, 0.717) is 0 Å². The van der Waals surface area contributed by atoms with Crippen molar-refractivity contribution in [2.24, 2.45) is 10.2 Å². The van der Waals surface area contributed by atoms with Crippen LogP contribution in [0.15, 0.2) is 38.9 Å². The Morgan fingerprint density at radius 3 is 2.41 bits per heavy atom. The number of nitrogens with zero attached hydrogens (tertiary/aromatic N) is 3. The fourth-order valence-corrected chi connectivity index (χ4v) is 2.96. The number of thioether (sulfide) groups is 1. The summed E-state index contributed by atoms with van der Waals surface area (Å²) < 4.78 is 1.09. The third-order valence-corrected chi connectivity index (χ3v) is 4.44. The molecule has 0 radical (unpaired) electrons. The standard InChI is InChI=1S/C12H12BrN3S/c13-10-4-2-9(3-5-10)11-8-17-12(15-14-11)16-6-1-7-16/h2-5H,1,6-8H2. The van der Waals surface area contributed by atoms with E-state index in [4.69, 9.17) is 0 Å². The molecule has 2 aliphatic heterocycles. The molecule has 0 N–H and O–H groups in total. The maximum absolute atomic E-state index is 4.34. The highest BCUT2D eigenvalue weighted by Crippen LogP contribution is 2.22. The van der Waals surface area contributed by atoms with Gasteiger partial charge in [-0.15, -0.1) is 5.10 Å². The quantitative estimate of drug-likeness (QED) is 0.798. The Morgan fingerprint density at radius 1 is 1.12 bits per heavy atom. The van der Waals surface area contributed by atoms with E-state index in [9.17, 15) is 0 Å². The van der Waals surface area contributed by atoms with Crippen LogP contribution >= 0.6 is 27.7 Å². The van der Waals surface area contributed by atoms with E-state index in [0.717, 1.165) is 39.8 Å². The van der Waals surface area contributed by atoms with Crippen LogP contribution < -0.4 is 0 Å². The van der Waals surface area contributed by atoms with Gasteiger partial charge in [0.25, 0.3) is 0 Å². The minimum Gasteiger partial charge on any atom is -0.350 e. The Hall–Kier alpha value is -0.810. The van der Waals surface area contributed by atoms with Gasteiger partial charge in [0.2, 0.25) is 0 Å². The SMILES string of the molecule is Brc1ccc(C2=NN=C(N3CCC3)SC2)cc1. The van der Waals surface area contributed by atoms with Crippen molar-refractivity contribution in [2.75, 3.05) is 18.8 Å². The van der Waals surface area contributed by atoms with Crippen molar-refractivity contribution in [2.45, 2.75) is 6.42 Å². The topological polar surface area (TPSA) is 28.0 Å². The number of likely N-dealkylation sites (tertiary alicyclic amines) is 1. The van der Waals surface area contributed by atoms with Crippen LogP contribution in [0, 0.1) is 0 Å². The summed E-state index contributed by atoms with van der Waals surface area (Å²) in [5.74, 6) is 0.914. The Labute approximate surface area is 113 Å². The van der Waals surface area contributed by atoms with Crippen molar-refractivity contribution in [3.05, 3.63) is 34.3 Å². The van der Waals surface area contributed by atoms with Gasteiger partial charge in [-0.25, -0.2) is 0 Å². The number of benzene rings is 1. The van der Waals surface area contributed by atoms with E-state index in [2.05, 4.69) is 43.2 Å². The normalized spacial score (nSPS) is 19.5. The van der Waals surface area contributed by atoms with Crippen LogP contribution in [0.1, 0.15) is 12.0 Å². The van der Waals surface area contributed by atoms with E-state index >= 15 is 0 Å². The summed E-state index contributed by atoms with van der Waals surface area (Å²) in [5.41, 5.74) is 2.22. The molecule has 5 heteroatoms. The van der Waals surface area contributed by atoms with Gasteiger partial charge in [-0.2, -0.15) is 5.10 Å². The van der Waals surface area contributed by atoms with Gasteiger partial charge in [-0.05, 0) is 24.1 Å². The molecule has 0 saturated carbocycles. The molecule has 2 heterocycles. The van der Waals surface area contributed by atoms with Gasteiger partial charge >= 0.3 is 0 Å². The molecule has 1 aromatic rings. The lowest BCUT2D eigenvalue weighted by Crippen LogP contribution is -2.41. The van der Waals surface area contributed by atoms with E-state index in [-0.39, 0.29) is 0 Å². The van der Waals surface area contributed by atoms with Gasteiger partial charge in [-0.3, -0.25) is 0 Å². The lowest BCUT2D eigenvalue weighted by Gasteiger charge is -2.33. The molecular formula is C12H12BrN3S. The first-order valence-corrected chi connectivity index (χ1v) is 7.39. The molecule has 3 nitrogen and oxygen atoms in total. The third kappa shape index (κ3) is 2.40. The van der Waals surface area contributed by atoms with Crippen molar-refractivity contribution < 1.29 is 0 Å². The van der Waals surface area contributed by atoms with Crippen LogP contribution in [0.25, 0.3) is 0 Å². The zero-order valence-corrected chi connectivity index (χ0v) is 11.7. The number of halogens is 1. The maximum atomic E-state index is 4.34. The fraction of sp³-hybridized carbons (Fsp3) is 0.333. The number of amidine groups is 1. The first kappa shape index (κ1) is 11.3. The minimum absolute atomic E-state index is 0.914. The molecule has 1 fully saturated rings. The summed E-state index contributed by atoms with van der Waals surface area (Å²) in [6, 6.07) is 8.23. The Kier molecular flexibility index (Phi) is 3.20.